The van der Waals surface area contributed by atoms with Gasteiger partial charge in [0.25, 0.3) is 5.91 Å². The van der Waals surface area contributed by atoms with Gasteiger partial charge < -0.3 is 19.0 Å². The van der Waals surface area contributed by atoms with Crippen molar-refractivity contribution in [2.24, 2.45) is 0 Å². The molecule has 1 saturated heterocycles. The first-order valence-electron chi connectivity index (χ1n) is 9.57. The van der Waals surface area contributed by atoms with Gasteiger partial charge in [0.05, 0.1) is 5.02 Å². The van der Waals surface area contributed by atoms with Crippen LogP contribution in [0.1, 0.15) is 16.1 Å². The summed E-state index contributed by atoms with van der Waals surface area (Å²) in [4.78, 5) is 28.6. The van der Waals surface area contributed by atoms with Gasteiger partial charge in [-0.15, -0.1) is 0 Å². The summed E-state index contributed by atoms with van der Waals surface area (Å²) in [6, 6.07) is 11.5. The number of amides is 1. The number of furan rings is 1. The highest BCUT2D eigenvalue weighted by molar-refractivity contribution is 6.35. The largest absolute Gasteiger partial charge is 0.450 e. The highest BCUT2D eigenvalue weighted by Crippen LogP contribution is 2.31. The molecule has 1 aromatic heterocycles. The van der Waals surface area contributed by atoms with Crippen molar-refractivity contribution >= 4 is 40.1 Å². The summed E-state index contributed by atoms with van der Waals surface area (Å²) in [7, 11) is 0. The van der Waals surface area contributed by atoms with E-state index in [1.54, 1.807) is 36.1 Å². The third-order valence-electron chi connectivity index (χ3n) is 5.25. The van der Waals surface area contributed by atoms with Gasteiger partial charge in [-0.05, 0) is 37.3 Å². The van der Waals surface area contributed by atoms with Crippen molar-refractivity contribution in [2.45, 2.75) is 6.92 Å². The van der Waals surface area contributed by atoms with Gasteiger partial charge in [0.2, 0.25) is 5.76 Å². The average Bonchev–Trinajstić information content (AvgIpc) is 3.10. The van der Waals surface area contributed by atoms with Crippen LogP contribution in [0.15, 0.2) is 46.9 Å². The number of nitrogens with zero attached hydrogens (tertiary/aromatic N) is 2. The van der Waals surface area contributed by atoms with Crippen LogP contribution in [0, 0.1) is 12.7 Å². The van der Waals surface area contributed by atoms with E-state index in [-0.39, 0.29) is 24.1 Å². The van der Waals surface area contributed by atoms with Crippen molar-refractivity contribution in [3.63, 3.8) is 0 Å². The molecule has 0 atom stereocenters. The molecular formula is C22H20ClFN2O4. The molecule has 0 unspecified atom stereocenters. The highest BCUT2D eigenvalue weighted by atomic mass is 35.5. The number of hydrogen-bond donors (Lipinski definition) is 0. The maximum Gasteiger partial charge on any atom is 0.375 e. The average molecular weight is 431 g/mol. The van der Waals surface area contributed by atoms with Crippen molar-refractivity contribution in [3.8, 4) is 0 Å². The summed E-state index contributed by atoms with van der Waals surface area (Å²) in [5.41, 5.74) is 1.96. The number of aryl methyl sites for hydroxylation is 1. The molecular weight excluding hydrogens is 411 g/mol. The lowest BCUT2D eigenvalue weighted by Gasteiger charge is -2.36. The van der Waals surface area contributed by atoms with Gasteiger partial charge in [-0.1, -0.05) is 23.7 Å². The van der Waals surface area contributed by atoms with E-state index in [1.165, 1.54) is 12.1 Å². The molecule has 3 aromatic rings. The molecule has 30 heavy (non-hydrogen) atoms. The number of ether oxygens (including phenoxy) is 1. The van der Waals surface area contributed by atoms with Gasteiger partial charge in [0, 0.05) is 42.8 Å². The van der Waals surface area contributed by atoms with Gasteiger partial charge in [-0.25, -0.2) is 9.18 Å². The van der Waals surface area contributed by atoms with Crippen molar-refractivity contribution < 1.29 is 23.1 Å². The number of carbonyl (C=O) groups is 2. The van der Waals surface area contributed by atoms with Crippen molar-refractivity contribution in [1.29, 1.82) is 0 Å². The third-order valence-corrected chi connectivity index (χ3v) is 5.55. The smallest absolute Gasteiger partial charge is 0.375 e. The Morgan fingerprint density at radius 1 is 1.10 bits per heavy atom. The molecule has 0 saturated carbocycles. The van der Waals surface area contributed by atoms with Crippen LogP contribution in [0.2, 0.25) is 5.02 Å². The van der Waals surface area contributed by atoms with E-state index < -0.39 is 5.97 Å². The topological polar surface area (TPSA) is 63.0 Å². The molecule has 0 spiro atoms. The van der Waals surface area contributed by atoms with Gasteiger partial charge in [0.1, 0.15) is 5.82 Å². The van der Waals surface area contributed by atoms with Crippen molar-refractivity contribution in [3.05, 3.63) is 64.6 Å². The predicted octanol–water partition coefficient (Wildman–Crippen LogP) is 4.04. The molecule has 2 aromatic carbocycles. The van der Waals surface area contributed by atoms with E-state index in [9.17, 15) is 14.0 Å². The van der Waals surface area contributed by atoms with Gasteiger partial charge in [0.15, 0.2) is 12.2 Å². The quantitative estimate of drug-likeness (QED) is 0.584. The van der Waals surface area contributed by atoms with Crippen LogP contribution in [-0.4, -0.2) is 49.6 Å². The molecule has 1 aliphatic heterocycles. The van der Waals surface area contributed by atoms with E-state index in [0.717, 1.165) is 11.1 Å². The maximum atomic E-state index is 13.1. The number of halogens is 2. The predicted molar refractivity (Wildman–Crippen MR) is 111 cm³/mol. The number of anilines is 1. The van der Waals surface area contributed by atoms with Crippen LogP contribution >= 0.6 is 11.6 Å². The number of fused-ring (bicyclic) bond motifs is 1. The van der Waals surface area contributed by atoms with E-state index >= 15 is 0 Å². The lowest BCUT2D eigenvalue weighted by atomic mass is 10.1. The highest BCUT2D eigenvalue weighted by Gasteiger charge is 2.25. The number of carbonyl (C=O) groups excluding carboxylic acids is 2. The number of para-hydroxylation sites is 1. The lowest BCUT2D eigenvalue weighted by molar-refractivity contribution is -0.134. The second-order valence-corrected chi connectivity index (χ2v) is 7.50. The van der Waals surface area contributed by atoms with E-state index in [4.69, 9.17) is 20.8 Å². The molecule has 156 valence electrons. The Morgan fingerprint density at radius 3 is 2.47 bits per heavy atom. The Morgan fingerprint density at radius 2 is 1.80 bits per heavy atom. The van der Waals surface area contributed by atoms with Crippen LogP contribution in [0.5, 0.6) is 0 Å². The van der Waals surface area contributed by atoms with E-state index in [0.29, 0.717) is 42.3 Å². The molecule has 1 aliphatic rings. The molecule has 1 amide bonds. The van der Waals surface area contributed by atoms with Gasteiger partial charge in [-0.3, -0.25) is 4.79 Å². The number of hydrogen-bond acceptors (Lipinski definition) is 5. The normalized spacial score (nSPS) is 14.2. The standard InChI is InChI=1S/C22H20ClFN2O4/c1-14-17-3-2-4-18(23)21(17)30-20(14)22(28)29-13-19(27)26-11-9-25(10-12-26)16-7-5-15(24)6-8-16/h2-8H,9-13H2,1H3. The molecule has 0 bridgehead atoms. The first-order chi connectivity index (χ1) is 14.4. The zero-order valence-corrected chi connectivity index (χ0v) is 17.1. The van der Waals surface area contributed by atoms with Crippen LogP contribution in [0.4, 0.5) is 10.1 Å². The molecule has 0 aliphatic carbocycles. The van der Waals surface area contributed by atoms with Crippen LogP contribution < -0.4 is 4.90 Å². The fourth-order valence-corrected chi connectivity index (χ4v) is 3.77. The molecule has 0 N–H and O–H groups in total. The lowest BCUT2D eigenvalue weighted by Crippen LogP contribution is -2.49. The first kappa shape index (κ1) is 20.2. The monoisotopic (exact) mass is 430 g/mol. The molecule has 4 rings (SSSR count). The number of benzene rings is 2. The zero-order valence-electron chi connectivity index (χ0n) is 16.4. The minimum absolute atomic E-state index is 0.0482. The van der Waals surface area contributed by atoms with E-state index in [2.05, 4.69) is 4.90 Å². The molecule has 2 heterocycles. The van der Waals surface area contributed by atoms with Gasteiger partial charge >= 0.3 is 5.97 Å². The number of rotatable bonds is 4. The second-order valence-electron chi connectivity index (χ2n) is 7.09. The molecule has 8 heteroatoms. The van der Waals surface area contributed by atoms with Gasteiger partial charge in [-0.2, -0.15) is 0 Å². The van der Waals surface area contributed by atoms with Crippen molar-refractivity contribution in [2.75, 3.05) is 37.7 Å². The Balaban J connectivity index is 1.33. The summed E-state index contributed by atoms with van der Waals surface area (Å²) >= 11 is 6.11. The Kier molecular flexibility index (Phi) is 5.63. The van der Waals surface area contributed by atoms with Crippen molar-refractivity contribution in [1.82, 2.24) is 4.90 Å². The number of piperazine rings is 1. The molecule has 0 radical (unpaired) electrons. The minimum atomic E-state index is -0.696. The summed E-state index contributed by atoms with van der Waals surface area (Å²) in [5, 5.41) is 1.14. The summed E-state index contributed by atoms with van der Waals surface area (Å²) in [6.07, 6.45) is 0. The molecule has 6 nitrogen and oxygen atoms in total. The first-order valence-corrected chi connectivity index (χ1v) is 9.95. The fraction of sp³-hybridized carbons (Fsp3) is 0.273. The maximum absolute atomic E-state index is 13.1. The Bertz CT molecular complexity index is 1090. The zero-order chi connectivity index (χ0) is 21.3. The summed E-state index contributed by atoms with van der Waals surface area (Å²) in [6.45, 7) is 3.61. The third kappa shape index (κ3) is 3.98. The summed E-state index contributed by atoms with van der Waals surface area (Å²) < 4.78 is 23.8. The summed E-state index contributed by atoms with van der Waals surface area (Å²) in [5.74, 6) is -1.20. The SMILES string of the molecule is Cc1c(C(=O)OCC(=O)N2CCN(c3ccc(F)cc3)CC2)oc2c(Cl)cccc12. The van der Waals surface area contributed by atoms with Crippen LogP contribution in [0.25, 0.3) is 11.0 Å². The van der Waals surface area contributed by atoms with Crippen LogP contribution in [-0.2, 0) is 9.53 Å². The van der Waals surface area contributed by atoms with E-state index in [1.807, 2.05) is 6.07 Å². The fourth-order valence-electron chi connectivity index (χ4n) is 3.55. The minimum Gasteiger partial charge on any atom is -0.450 e. The second kappa shape index (κ2) is 8.36. The Labute approximate surface area is 177 Å². The Hall–Kier alpha value is -3.06. The molecule has 1 fully saturated rings. The van der Waals surface area contributed by atoms with Crippen LogP contribution in [0.3, 0.4) is 0 Å². The number of esters is 1.